The number of benzene rings is 1. The van der Waals surface area contributed by atoms with Crippen LogP contribution in [-0.2, 0) is 4.74 Å². The Balaban J connectivity index is 1.70. The average molecular weight is 406 g/mol. The molecule has 1 aliphatic rings. The Hall–Kier alpha value is -0.440. The largest absolute Gasteiger partial charge is 0.370 e. The molecular weight excluding hydrogens is 385 g/mol. The number of quaternary nitrogens is 1. The monoisotopic (exact) mass is 406 g/mol. The van der Waals surface area contributed by atoms with Gasteiger partial charge >= 0.3 is 0 Å². The summed E-state index contributed by atoms with van der Waals surface area (Å²) in [5.41, 5.74) is 2.32. The van der Waals surface area contributed by atoms with Gasteiger partial charge in [0.25, 0.3) is 0 Å². The third kappa shape index (κ3) is 5.16. The lowest BCUT2D eigenvalue weighted by molar-refractivity contribution is -0.906. The van der Waals surface area contributed by atoms with Gasteiger partial charge in [-0.15, -0.1) is 0 Å². The third-order valence-electron chi connectivity index (χ3n) is 3.39. The molecule has 1 aromatic carbocycles. The summed E-state index contributed by atoms with van der Waals surface area (Å²) in [6.45, 7) is 8.02. The summed E-state index contributed by atoms with van der Waals surface area (Å²) in [6, 6.07) is 6.26. The van der Waals surface area contributed by atoms with Crippen molar-refractivity contribution < 1.29 is 9.64 Å². The molecule has 1 heterocycles. The van der Waals surface area contributed by atoms with E-state index in [9.17, 15) is 0 Å². The van der Waals surface area contributed by atoms with Gasteiger partial charge in [-0.2, -0.15) is 0 Å². The zero-order valence-electron chi connectivity index (χ0n) is 11.7. The topological polar surface area (TPSA) is 37.7 Å². The van der Waals surface area contributed by atoms with Gasteiger partial charge in [-0.1, -0.05) is 6.07 Å². The predicted octanol–water partition coefficient (Wildman–Crippen LogP) is 0.801. The molecule has 0 unspecified atom stereocenters. The van der Waals surface area contributed by atoms with Gasteiger partial charge in [0, 0.05) is 9.26 Å². The molecule has 0 aliphatic carbocycles. The normalized spacial score (nSPS) is 15.9. The Bertz CT molecular complexity index is 464. The second kappa shape index (κ2) is 8.11. The van der Waals surface area contributed by atoms with Gasteiger partial charge in [-0.05, 0) is 59.4 Å². The first-order valence-electron chi connectivity index (χ1n) is 6.87. The maximum absolute atomic E-state index is 5.35. The van der Waals surface area contributed by atoms with E-state index in [1.807, 2.05) is 0 Å². The molecule has 2 rings (SSSR count). The average Bonchev–Trinajstić information content (AvgIpc) is 2.44. The number of anilines is 1. The summed E-state index contributed by atoms with van der Waals surface area (Å²) >= 11 is 7.66. The molecule has 0 amide bonds. The minimum atomic E-state index is 0.692. The van der Waals surface area contributed by atoms with Crippen molar-refractivity contribution >= 4 is 45.6 Å². The van der Waals surface area contributed by atoms with Gasteiger partial charge < -0.3 is 20.3 Å². The van der Waals surface area contributed by atoms with E-state index in [0.29, 0.717) is 5.11 Å². The Kier molecular flexibility index (Phi) is 6.47. The predicted molar refractivity (Wildman–Crippen MR) is 94.5 cm³/mol. The lowest BCUT2D eigenvalue weighted by Crippen LogP contribution is -3.14. The molecule has 1 fully saturated rings. The molecule has 3 N–H and O–H groups in total. The van der Waals surface area contributed by atoms with E-state index in [1.54, 1.807) is 4.90 Å². The molecular formula is C14H21IN3OS+. The van der Waals surface area contributed by atoms with Crippen LogP contribution in [0.3, 0.4) is 0 Å². The lowest BCUT2D eigenvalue weighted by Gasteiger charge is -2.24. The SMILES string of the molecule is Cc1ccc(NC(=S)NCC[NH+]2CCOCC2)cc1I. The molecule has 4 nitrogen and oxygen atoms in total. The Morgan fingerprint density at radius 3 is 2.85 bits per heavy atom. The number of ether oxygens (including phenoxy) is 1. The number of aryl methyl sites for hydroxylation is 1. The second-order valence-electron chi connectivity index (χ2n) is 4.96. The van der Waals surface area contributed by atoms with Crippen molar-refractivity contribution in [1.29, 1.82) is 0 Å². The summed E-state index contributed by atoms with van der Waals surface area (Å²) in [5, 5.41) is 7.19. The van der Waals surface area contributed by atoms with Crippen LogP contribution >= 0.6 is 34.8 Å². The van der Waals surface area contributed by atoms with Gasteiger partial charge in [0.15, 0.2) is 5.11 Å². The van der Waals surface area contributed by atoms with Crippen LogP contribution in [0, 0.1) is 10.5 Å². The molecule has 0 atom stereocenters. The lowest BCUT2D eigenvalue weighted by atomic mass is 10.2. The van der Waals surface area contributed by atoms with Crippen LogP contribution in [0.5, 0.6) is 0 Å². The van der Waals surface area contributed by atoms with Crippen molar-refractivity contribution in [3.05, 3.63) is 27.3 Å². The second-order valence-corrected chi connectivity index (χ2v) is 6.53. The summed E-state index contributed by atoms with van der Waals surface area (Å²) in [5.74, 6) is 0. The standard InChI is InChI=1S/C14H20IN3OS/c1-11-2-3-12(10-13(11)15)17-14(20)16-4-5-18-6-8-19-9-7-18/h2-3,10H,4-9H2,1H3,(H2,16,17,20)/p+1. The molecule has 20 heavy (non-hydrogen) atoms. The van der Waals surface area contributed by atoms with E-state index in [4.69, 9.17) is 17.0 Å². The van der Waals surface area contributed by atoms with Crippen molar-refractivity contribution in [3.8, 4) is 0 Å². The number of nitrogens with one attached hydrogen (secondary N) is 3. The number of halogens is 1. The van der Waals surface area contributed by atoms with Crippen LogP contribution in [-0.4, -0.2) is 44.5 Å². The van der Waals surface area contributed by atoms with Crippen molar-refractivity contribution in [2.75, 3.05) is 44.7 Å². The molecule has 1 aromatic rings. The molecule has 110 valence electrons. The number of hydrogen-bond acceptors (Lipinski definition) is 2. The highest BCUT2D eigenvalue weighted by atomic mass is 127. The molecule has 1 aliphatic heterocycles. The summed E-state index contributed by atoms with van der Waals surface area (Å²) in [4.78, 5) is 1.58. The minimum absolute atomic E-state index is 0.692. The molecule has 0 saturated carbocycles. The van der Waals surface area contributed by atoms with Crippen molar-refractivity contribution in [2.24, 2.45) is 0 Å². The fraction of sp³-hybridized carbons (Fsp3) is 0.500. The first-order valence-corrected chi connectivity index (χ1v) is 8.36. The summed E-state index contributed by atoms with van der Waals surface area (Å²) in [7, 11) is 0. The number of rotatable bonds is 4. The van der Waals surface area contributed by atoms with Gasteiger partial charge in [-0.3, -0.25) is 0 Å². The third-order valence-corrected chi connectivity index (χ3v) is 4.80. The van der Waals surface area contributed by atoms with E-state index >= 15 is 0 Å². The van der Waals surface area contributed by atoms with E-state index in [1.165, 1.54) is 9.13 Å². The van der Waals surface area contributed by atoms with E-state index in [-0.39, 0.29) is 0 Å². The molecule has 1 saturated heterocycles. The van der Waals surface area contributed by atoms with Crippen LogP contribution in [0.2, 0.25) is 0 Å². The Labute approximate surface area is 139 Å². The highest BCUT2D eigenvalue weighted by Gasteiger charge is 2.12. The van der Waals surface area contributed by atoms with Crippen LogP contribution in [0.15, 0.2) is 18.2 Å². The molecule has 0 aromatic heterocycles. The highest BCUT2D eigenvalue weighted by molar-refractivity contribution is 14.1. The van der Waals surface area contributed by atoms with Crippen molar-refractivity contribution in [3.63, 3.8) is 0 Å². The molecule has 0 spiro atoms. The number of hydrogen-bond donors (Lipinski definition) is 3. The van der Waals surface area contributed by atoms with Gasteiger partial charge in [0.05, 0.1) is 26.3 Å². The van der Waals surface area contributed by atoms with Crippen LogP contribution < -0.4 is 15.5 Å². The summed E-state index contributed by atoms with van der Waals surface area (Å²) in [6.07, 6.45) is 0. The summed E-state index contributed by atoms with van der Waals surface area (Å²) < 4.78 is 6.59. The minimum Gasteiger partial charge on any atom is -0.370 e. The zero-order valence-corrected chi connectivity index (χ0v) is 14.6. The maximum Gasteiger partial charge on any atom is 0.170 e. The molecule has 6 heteroatoms. The quantitative estimate of drug-likeness (QED) is 0.511. The van der Waals surface area contributed by atoms with Crippen LogP contribution in [0.4, 0.5) is 5.69 Å². The van der Waals surface area contributed by atoms with E-state index in [2.05, 4.69) is 58.3 Å². The fourth-order valence-corrected chi connectivity index (χ4v) is 2.84. The molecule has 0 bridgehead atoms. The fourth-order valence-electron chi connectivity index (χ4n) is 2.11. The molecule has 0 radical (unpaired) electrons. The number of thiocarbonyl (C=S) groups is 1. The van der Waals surface area contributed by atoms with Crippen LogP contribution in [0.1, 0.15) is 5.56 Å². The van der Waals surface area contributed by atoms with E-state index in [0.717, 1.165) is 45.1 Å². The number of morpholine rings is 1. The van der Waals surface area contributed by atoms with Crippen LogP contribution in [0.25, 0.3) is 0 Å². The smallest absolute Gasteiger partial charge is 0.170 e. The van der Waals surface area contributed by atoms with Crippen molar-refractivity contribution in [2.45, 2.75) is 6.92 Å². The highest BCUT2D eigenvalue weighted by Crippen LogP contribution is 2.16. The first kappa shape index (κ1) is 15.9. The Morgan fingerprint density at radius 2 is 2.15 bits per heavy atom. The zero-order chi connectivity index (χ0) is 14.4. The van der Waals surface area contributed by atoms with Gasteiger partial charge in [0.2, 0.25) is 0 Å². The first-order chi connectivity index (χ1) is 9.65. The Morgan fingerprint density at radius 1 is 1.40 bits per heavy atom. The van der Waals surface area contributed by atoms with Crippen molar-refractivity contribution in [1.82, 2.24) is 5.32 Å². The maximum atomic E-state index is 5.35. The van der Waals surface area contributed by atoms with Gasteiger partial charge in [0.1, 0.15) is 13.1 Å². The van der Waals surface area contributed by atoms with E-state index < -0.39 is 0 Å². The van der Waals surface area contributed by atoms with Gasteiger partial charge in [-0.25, -0.2) is 0 Å².